The second-order valence-corrected chi connectivity index (χ2v) is 4.62. The third-order valence-electron chi connectivity index (χ3n) is 2.66. The number of nitriles is 1. The van der Waals surface area contributed by atoms with Crippen LogP contribution in [0.1, 0.15) is 5.56 Å². The first-order valence-electron chi connectivity index (χ1n) is 5.30. The van der Waals surface area contributed by atoms with Gasteiger partial charge in [-0.2, -0.15) is 5.26 Å². The van der Waals surface area contributed by atoms with Gasteiger partial charge in [0.25, 0.3) is 0 Å². The van der Waals surface area contributed by atoms with Gasteiger partial charge in [-0.15, -0.1) is 5.10 Å². The van der Waals surface area contributed by atoms with E-state index in [1.54, 1.807) is 16.8 Å². The van der Waals surface area contributed by atoms with Crippen LogP contribution >= 0.6 is 15.9 Å². The van der Waals surface area contributed by atoms with Crippen molar-refractivity contribution < 1.29 is 0 Å². The maximum Gasteiger partial charge on any atom is 0.113 e. The van der Waals surface area contributed by atoms with Gasteiger partial charge in [-0.3, -0.25) is 0 Å². The summed E-state index contributed by atoms with van der Waals surface area (Å²) in [6.45, 7) is 0. The zero-order chi connectivity index (χ0) is 12.5. The van der Waals surface area contributed by atoms with E-state index >= 15 is 0 Å². The van der Waals surface area contributed by atoms with Crippen LogP contribution in [0.5, 0.6) is 0 Å². The molecule has 0 spiro atoms. The van der Waals surface area contributed by atoms with Crippen LogP contribution < -0.4 is 0 Å². The third kappa shape index (κ3) is 1.67. The second-order valence-electron chi connectivity index (χ2n) is 3.77. The summed E-state index contributed by atoms with van der Waals surface area (Å²) in [7, 11) is 0. The minimum atomic E-state index is 0.607. The summed E-state index contributed by atoms with van der Waals surface area (Å²) in [6.07, 6.45) is 0. The van der Waals surface area contributed by atoms with E-state index in [4.69, 9.17) is 5.26 Å². The Kier molecular flexibility index (Phi) is 2.58. The van der Waals surface area contributed by atoms with Gasteiger partial charge >= 0.3 is 0 Å². The standard InChI is InChI=1S/C13H7BrN4/c14-10-7-9(8-15)5-6-12(10)18-13-4-2-1-3-11(13)16-17-18/h1-7H. The van der Waals surface area contributed by atoms with Crippen molar-refractivity contribution in [2.75, 3.05) is 0 Å². The lowest BCUT2D eigenvalue weighted by Crippen LogP contribution is -1.98. The molecule has 0 N–H and O–H groups in total. The fraction of sp³-hybridized carbons (Fsp3) is 0. The molecule has 0 saturated carbocycles. The predicted octanol–water partition coefficient (Wildman–Crippen LogP) is 3.05. The van der Waals surface area contributed by atoms with Crippen molar-refractivity contribution in [3.8, 4) is 11.8 Å². The molecule has 1 aromatic heterocycles. The Bertz CT molecular complexity index is 770. The molecular weight excluding hydrogens is 292 g/mol. The van der Waals surface area contributed by atoms with Crippen LogP contribution in [0.25, 0.3) is 16.7 Å². The number of para-hydroxylation sites is 1. The van der Waals surface area contributed by atoms with Crippen molar-refractivity contribution >= 4 is 27.0 Å². The van der Waals surface area contributed by atoms with E-state index in [0.717, 1.165) is 21.2 Å². The van der Waals surface area contributed by atoms with E-state index in [1.165, 1.54) is 0 Å². The predicted molar refractivity (Wildman–Crippen MR) is 71.3 cm³/mol. The zero-order valence-corrected chi connectivity index (χ0v) is 10.8. The van der Waals surface area contributed by atoms with Gasteiger partial charge < -0.3 is 0 Å². The van der Waals surface area contributed by atoms with E-state index in [0.29, 0.717) is 5.56 Å². The molecule has 0 aliphatic carbocycles. The first kappa shape index (κ1) is 10.9. The molecule has 3 rings (SSSR count). The molecule has 5 heteroatoms. The number of hydrogen-bond donors (Lipinski definition) is 0. The van der Waals surface area contributed by atoms with Crippen LogP contribution in [-0.4, -0.2) is 15.0 Å². The Morgan fingerprint density at radius 2 is 2.00 bits per heavy atom. The second kappa shape index (κ2) is 4.24. The smallest absolute Gasteiger partial charge is 0.113 e. The highest BCUT2D eigenvalue weighted by Gasteiger charge is 2.09. The number of rotatable bonds is 1. The fourth-order valence-corrected chi connectivity index (χ4v) is 2.34. The fourth-order valence-electron chi connectivity index (χ4n) is 1.80. The molecule has 0 radical (unpaired) electrons. The Morgan fingerprint density at radius 1 is 1.17 bits per heavy atom. The van der Waals surface area contributed by atoms with E-state index in [2.05, 4.69) is 32.3 Å². The highest BCUT2D eigenvalue weighted by atomic mass is 79.9. The first-order chi connectivity index (χ1) is 8.79. The lowest BCUT2D eigenvalue weighted by molar-refractivity contribution is 0.821. The van der Waals surface area contributed by atoms with Crippen molar-refractivity contribution in [1.29, 1.82) is 5.26 Å². The summed E-state index contributed by atoms with van der Waals surface area (Å²) in [4.78, 5) is 0. The topological polar surface area (TPSA) is 54.5 Å². The number of fused-ring (bicyclic) bond motifs is 1. The van der Waals surface area contributed by atoms with Crippen LogP contribution in [-0.2, 0) is 0 Å². The highest BCUT2D eigenvalue weighted by Crippen LogP contribution is 2.24. The van der Waals surface area contributed by atoms with Gasteiger partial charge in [0, 0.05) is 4.47 Å². The molecule has 1 heterocycles. The Labute approximate surface area is 112 Å². The van der Waals surface area contributed by atoms with Gasteiger partial charge in [0.1, 0.15) is 5.52 Å². The van der Waals surface area contributed by atoms with Gasteiger partial charge in [0.2, 0.25) is 0 Å². The molecule has 0 unspecified atom stereocenters. The normalized spacial score (nSPS) is 10.4. The molecular formula is C13H7BrN4. The van der Waals surface area contributed by atoms with Crippen molar-refractivity contribution in [1.82, 2.24) is 15.0 Å². The average molecular weight is 299 g/mol. The van der Waals surface area contributed by atoms with Crippen LogP contribution in [0, 0.1) is 11.3 Å². The largest absolute Gasteiger partial charge is 0.212 e. The minimum Gasteiger partial charge on any atom is -0.212 e. The summed E-state index contributed by atoms with van der Waals surface area (Å²) < 4.78 is 2.57. The summed E-state index contributed by atoms with van der Waals surface area (Å²) in [5.74, 6) is 0. The summed E-state index contributed by atoms with van der Waals surface area (Å²) in [5.41, 5.74) is 3.24. The van der Waals surface area contributed by atoms with Crippen molar-refractivity contribution in [3.05, 3.63) is 52.5 Å². The van der Waals surface area contributed by atoms with Gasteiger partial charge in [-0.25, -0.2) is 4.68 Å². The van der Waals surface area contributed by atoms with E-state index < -0.39 is 0 Å². The minimum absolute atomic E-state index is 0.607. The van der Waals surface area contributed by atoms with Crippen LogP contribution in [0.15, 0.2) is 46.9 Å². The van der Waals surface area contributed by atoms with Gasteiger partial charge in [-0.1, -0.05) is 17.3 Å². The molecule has 3 aromatic rings. The summed E-state index contributed by atoms with van der Waals surface area (Å²) in [5, 5.41) is 17.1. The summed E-state index contributed by atoms with van der Waals surface area (Å²) >= 11 is 3.46. The Hall–Kier alpha value is -2.19. The maximum absolute atomic E-state index is 8.85. The number of halogens is 1. The molecule has 0 fully saturated rings. The molecule has 4 nitrogen and oxygen atoms in total. The number of aromatic nitrogens is 3. The van der Waals surface area contributed by atoms with Crippen LogP contribution in [0.4, 0.5) is 0 Å². The molecule has 86 valence electrons. The molecule has 18 heavy (non-hydrogen) atoms. The van der Waals surface area contributed by atoms with Crippen molar-refractivity contribution in [2.24, 2.45) is 0 Å². The van der Waals surface area contributed by atoms with Gasteiger partial charge in [0.05, 0.1) is 22.8 Å². The van der Waals surface area contributed by atoms with Crippen molar-refractivity contribution in [3.63, 3.8) is 0 Å². The first-order valence-corrected chi connectivity index (χ1v) is 6.09. The van der Waals surface area contributed by atoms with Gasteiger partial charge in [0.15, 0.2) is 0 Å². The maximum atomic E-state index is 8.85. The Balaban J connectivity index is 2.24. The molecule has 0 bridgehead atoms. The van der Waals surface area contributed by atoms with E-state index in [1.807, 2.05) is 30.3 Å². The number of benzene rings is 2. The van der Waals surface area contributed by atoms with Crippen LogP contribution in [0.3, 0.4) is 0 Å². The molecule has 0 aliphatic heterocycles. The quantitative estimate of drug-likeness (QED) is 0.694. The van der Waals surface area contributed by atoms with Crippen molar-refractivity contribution in [2.45, 2.75) is 0 Å². The molecule has 2 aromatic carbocycles. The monoisotopic (exact) mass is 298 g/mol. The molecule has 0 saturated heterocycles. The highest BCUT2D eigenvalue weighted by molar-refractivity contribution is 9.10. The number of nitrogens with zero attached hydrogens (tertiary/aromatic N) is 4. The third-order valence-corrected chi connectivity index (χ3v) is 3.29. The average Bonchev–Trinajstić information content (AvgIpc) is 2.82. The van der Waals surface area contributed by atoms with E-state index in [9.17, 15) is 0 Å². The molecule has 0 atom stereocenters. The molecule has 0 aliphatic rings. The number of hydrogen-bond acceptors (Lipinski definition) is 3. The Morgan fingerprint density at radius 3 is 2.78 bits per heavy atom. The SMILES string of the molecule is N#Cc1ccc(-n2nnc3ccccc32)c(Br)c1. The lowest BCUT2D eigenvalue weighted by Gasteiger charge is -2.05. The van der Waals surface area contributed by atoms with E-state index in [-0.39, 0.29) is 0 Å². The lowest BCUT2D eigenvalue weighted by atomic mass is 10.2. The van der Waals surface area contributed by atoms with Crippen LogP contribution in [0.2, 0.25) is 0 Å². The molecule has 0 amide bonds. The van der Waals surface area contributed by atoms with Gasteiger partial charge in [-0.05, 0) is 46.3 Å². The zero-order valence-electron chi connectivity index (χ0n) is 9.21. The summed E-state index contributed by atoms with van der Waals surface area (Å²) in [6, 6.07) is 15.2.